The lowest BCUT2D eigenvalue weighted by atomic mass is 10.8. The van der Waals surface area contributed by atoms with Gasteiger partial charge in [0.25, 0.3) is 0 Å². The van der Waals surface area contributed by atoms with E-state index in [9.17, 15) is 14.9 Å². The molecule has 1 N–H and O–H groups in total. The van der Waals surface area contributed by atoms with Gasteiger partial charge in [-0.2, -0.15) is 0 Å². The molecule has 0 aliphatic heterocycles. The van der Waals surface area contributed by atoms with Gasteiger partial charge >= 0.3 is 5.97 Å². The minimum absolute atomic E-state index is 0.162. The molecule has 6 heteroatoms. The molecule has 5 nitrogen and oxygen atoms in total. The summed E-state index contributed by atoms with van der Waals surface area (Å²) in [7, 11) is 0. The van der Waals surface area contributed by atoms with E-state index < -0.39 is 16.1 Å². The lowest BCUT2D eigenvalue weighted by Gasteiger charge is -1.80. The maximum Gasteiger partial charge on any atom is 0.320 e. The molecule has 0 aromatic heterocycles. The topological polar surface area (TPSA) is 80.4 Å². The van der Waals surface area contributed by atoms with E-state index in [4.69, 9.17) is 5.11 Å². The SMILES string of the molecule is O=C(O)CS[N+](=O)[O-]. The van der Waals surface area contributed by atoms with Crippen LogP contribution < -0.4 is 0 Å². The van der Waals surface area contributed by atoms with E-state index >= 15 is 0 Å². The molecule has 0 heterocycles. The number of aliphatic carboxylic acids is 1. The first kappa shape index (κ1) is 7.22. The van der Waals surface area contributed by atoms with Crippen LogP contribution in [0.25, 0.3) is 0 Å². The number of hydrogen-bond acceptors (Lipinski definition) is 4. The number of carbonyl (C=O) groups is 1. The van der Waals surface area contributed by atoms with Crippen LogP contribution in [-0.4, -0.2) is 21.2 Å². The van der Waals surface area contributed by atoms with Crippen molar-refractivity contribution in [2.45, 2.75) is 0 Å². The summed E-state index contributed by atoms with van der Waals surface area (Å²) in [4.78, 5) is 19.0. The highest BCUT2D eigenvalue weighted by Gasteiger charge is 2.04. The summed E-state index contributed by atoms with van der Waals surface area (Å²) in [5.41, 5.74) is 0. The molecule has 0 aromatic rings. The average Bonchev–Trinajstić information content (AvgIpc) is 1.61. The molecule has 0 spiro atoms. The molecule has 0 saturated carbocycles. The first-order valence-electron chi connectivity index (χ1n) is 1.62. The van der Waals surface area contributed by atoms with Crippen LogP contribution in [0.2, 0.25) is 0 Å². The summed E-state index contributed by atoms with van der Waals surface area (Å²) in [6, 6.07) is 0. The fourth-order valence-electron chi connectivity index (χ4n) is 0.108. The lowest BCUT2D eigenvalue weighted by Crippen LogP contribution is -2.00. The van der Waals surface area contributed by atoms with Gasteiger partial charge in [-0.1, -0.05) is 0 Å². The van der Waals surface area contributed by atoms with Crippen LogP contribution in [0.15, 0.2) is 0 Å². The minimum Gasteiger partial charge on any atom is -0.480 e. The second-order valence-electron chi connectivity index (χ2n) is 0.891. The zero-order valence-electron chi connectivity index (χ0n) is 3.73. The number of rotatable bonds is 3. The van der Waals surface area contributed by atoms with Crippen molar-refractivity contribution >= 4 is 17.9 Å². The quantitative estimate of drug-likeness (QED) is 0.336. The first-order chi connectivity index (χ1) is 3.63. The maximum atomic E-state index is 9.58. The fraction of sp³-hybridized carbons (Fsp3) is 0.500. The molecule has 0 fully saturated rings. The Morgan fingerprint density at radius 2 is 2.38 bits per heavy atom. The molecule has 0 aromatic carbocycles. The third kappa shape index (κ3) is 5.22. The van der Waals surface area contributed by atoms with Crippen molar-refractivity contribution in [3.8, 4) is 0 Å². The molecule has 8 heavy (non-hydrogen) atoms. The van der Waals surface area contributed by atoms with Crippen molar-refractivity contribution in [1.29, 1.82) is 0 Å². The van der Waals surface area contributed by atoms with Crippen LogP contribution in [0.4, 0.5) is 0 Å². The van der Waals surface area contributed by atoms with Gasteiger partial charge in [-0.15, -0.1) is 0 Å². The molecule has 0 aliphatic rings. The van der Waals surface area contributed by atoms with E-state index in [1.807, 2.05) is 0 Å². The van der Waals surface area contributed by atoms with Gasteiger partial charge in [-0.3, -0.25) is 14.9 Å². The molecular weight excluding hydrogens is 134 g/mol. The van der Waals surface area contributed by atoms with Crippen molar-refractivity contribution in [3.05, 3.63) is 10.1 Å². The second kappa shape index (κ2) is 3.25. The van der Waals surface area contributed by atoms with Gasteiger partial charge in [-0.05, 0) is 0 Å². The second-order valence-corrected chi connectivity index (χ2v) is 1.74. The third-order valence-corrected chi connectivity index (χ3v) is 0.880. The van der Waals surface area contributed by atoms with Crippen LogP contribution in [-0.2, 0) is 4.79 Å². The van der Waals surface area contributed by atoms with E-state index in [1.54, 1.807) is 0 Å². The fourth-order valence-corrected chi connectivity index (χ4v) is 0.324. The van der Waals surface area contributed by atoms with Gasteiger partial charge in [0, 0.05) is 0 Å². The van der Waals surface area contributed by atoms with Crippen molar-refractivity contribution in [3.63, 3.8) is 0 Å². The summed E-state index contributed by atoms with van der Waals surface area (Å²) in [6.07, 6.45) is 0. The molecule has 0 radical (unpaired) electrons. The van der Waals surface area contributed by atoms with E-state index in [1.165, 1.54) is 0 Å². The van der Waals surface area contributed by atoms with Gasteiger partial charge in [-0.25, -0.2) is 0 Å². The van der Waals surface area contributed by atoms with Gasteiger partial charge in [0.1, 0.15) is 4.33 Å². The summed E-state index contributed by atoms with van der Waals surface area (Å²) >= 11 is 0.162. The van der Waals surface area contributed by atoms with Crippen molar-refractivity contribution in [2.75, 3.05) is 5.75 Å². The Bertz CT molecular complexity index is 98.6. The Morgan fingerprint density at radius 1 is 1.88 bits per heavy atom. The van der Waals surface area contributed by atoms with Crippen molar-refractivity contribution < 1.29 is 14.2 Å². The van der Waals surface area contributed by atoms with E-state index in [0.29, 0.717) is 0 Å². The zero-order chi connectivity index (χ0) is 6.57. The van der Waals surface area contributed by atoms with Crippen molar-refractivity contribution in [2.24, 2.45) is 0 Å². The molecule has 0 unspecified atom stereocenters. The monoisotopic (exact) mass is 137 g/mol. The van der Waals surface area contributed by atoms with Crippen LogP contribution in [0, 0.1) is 10.1 Å². The molecule has 0 bridgehead atoms. The van der Waals surface area contributed by atoms with Crippen LogP contribution in [0.5, 0.6) is 0 Å². The highest BCUT2D eigenvalue weighted by Crippen LogP contribution is 1.96. The number of carboxylic acids is 1. The standard InChI is InChI=1S/C2H3NO4S/c4-2(5)1-8-3(6)7/h1H2,(H,4,5). The molecule has 0 rings (SSSR count). The Balaban J connectivity index is 3.18. The number of carboxylic acid groups (broad SMARTS) is 1. The van der Waals surface area contributed by atoms with E-state index in [0.717, 1.165) is 0 Å². The molecule has 46 valence electrons. The first-order valence-corrected chi connectivity index (χ1v) is 2.56. The average molecular weight is 137 g/mol. The summed E-state index contributed by atoms with van der Waals surface area (Å²) in [6.45, 7) is 0. The largest absolute Gasteiger partial charge is 0.480 e. The predicted octanol–water partition coefficient (Wildman–Crippen LogP) is -0.00410. The Morgan fingerprint density at radius 3 is 2.50 bits per heavy atom. The van der Waals surface area contributed by atoms with Crippen LogP contribution in [0.3, 0.4) is 0 Å². The number of nitrogens with zero attached hydrogens (tertiary/aromatic N) is 1. The van der Waals surface area contributed by atoms with Gasteiger partial charge < -0.3 is 5.11 Å². The van der Waals surface area contributed by atoms with Gasteiger partial charge in [0.05, 0.1) is 0 Å². The highest BCUT2D eigenvalue weighted by molar-refractivity contribution is 7.94. The van der Waals surface area contributed by atoms with E-state index in [-0.39, 0.29) is 11.9 Å². The summed E-state index contributed by atoms with van der Waals surface area (Å²) < 4.78 is -0.742. The lowest BCUT2D eigenvalue weighted by molar-refractivity contribution is -0.284. The highest BCUT2D eigenvalue weighted by atomic mass is 32.2. The van der Waals surface area contributed by atoms with Gasteiger partial charge in [0.15, 0.2) is 5.75 Å². The summed E-state index contributed by atoms with van der Waals surface area (Å²) in [5, 5.41) is 17.2. The normalized spacial score (nSPS) is 8.50. The molecule has 0 atom stereocenters. The zero-order valence-corrected chi connectivity index (χ0v) is 4.55. The Hall–Kier alpha value is -0.780. The molecular formula is C2H3NO4S. The van der Waals surface area contributed by atoms with Crippen LogP contribution >= 0.6 is 11.9 Å². The van der Waals surface area contributed by atoms with Crippen molar-refractivity contribution in [1.82, 2.24) is 0 Å². The predicted molar refractivity (Wildman–Crippen MR) is 27.1 cm³/mol. The smallest absolute Gasteiger partial charge is 0.320 e. The Labute approximate surface area is 49.0 Å². The molecule has 0 aliphatic carbocycles. The Kier molecular flexibility index (Phi) is 2.93. The third-order valence-electron chi connectivity index (χ3n) is 0.293. The number of nitro groups is 1. The minimum atomic E-state index is -1.17. The van der Waals surface area contributed by atoms with Crippen LogP contribution in [0.1, 0.15) is 0 Å². The molecule has 0 amide bonds. The number of hydrogen-bond donors (Lipinski definition) is 1. The van der Waals surface area contributed by atoms with E-state index in [2.05, 4.69) is 0 Å². The molecule has 0 saturated heterocycles. The van der Waals surface area contributed by atoms with Gasteiger partial charge in [0.2, 0.25) is 11.9 Å². The maximum absolute atomic E-state index is 9.58. The summed E-state index contributed by atoms with van der Waals surface area (Å²) in [5.74, 6) is -1.65.